The van der Waals surface area contributed by atoms with Gasteiger partial charge >= 0.3 is 0 Å². The highest BCUT2D eigenvalue weighted by Gasteiger charge is 2.14. The first-order valence-electron chi connectivity index (χ1n) is 17.7. The van der Waals surface area contributed by atoms with Crippen LogP contribution in [0.2, 0.25) is 0 Å². The maximum absolute atomic E-state index is 13.0. The molecule has 0 saturated heterocycles. The molecule has 0 aliphatic rings. The molecular formula is C35H70N2O3. The second kappa shape index (κ2) is 32.4. The monoisotopic (exact) mass is 567 g/mol. The van der Waals surface area contributed by atoms with E-state index in [0.29, 0.717) is 19.6 Å². The van der Waals surface area contributed by atoms with Crippen molar-refractivity contribution in [3.63, 3.8) is 0 Å². The molecule has 0 aromatic carbocycles. The van der Waals surface area contributed by atoms with Gasteiger partial charge in [-0.25, -0.2) is 0 Å². The normalized spacial score (nSPS) is 11.2. The second-order valence-corrected chi connectivity index (χ2v) is 12.0. The van der Waals surface area contributed by atoms with Gasteiger partial charge in [-0.2, -0.15) is 0 Å². The highest BCUT2D eigenvalue weighted by atomic mass is 16.5. The smallest absolute Gasteiger partial charge is 0.223 e. The van der Waals surface area contributed by atoms with Gasteiger partial charge < -0.3 is 15.0 Å². The van der Waals surface area contributed by atoms with Gasteiger partial charge in [0.15, 0.2) is 0 Å². The van der Waals surface area contributed by atoms with Crippen molar-refractivity contribution in [2.75, 3.05) is 33.4 Å². The molecule has 0 aromatic rings. The highest BCUT2D eigenvalue weighted by Crippen LogP contribution is 2.14. The Hall–Kier alpha value is -1.10. The summed E-state index contributed by atoms with van der Waals surface area (Å²) in [6, 6.07) is 0. The fraction of sp³-hybridized carbons (Fsp3) is 0.943. The summed E-state index contributed by atoms with van der Waals surface area (Å²) in [7, 11) is 1.62. The summed E-state index contributed by atoms with van der Waals surface area (Å²) in [6.45, 7) is 7.26. The molecule has 0 rings (SSSR count). The zero-order valence-corrected chi connectivity index (χ0v) is 27.4. The summed E-state index contributed by atoms with van der Waals surface area (Å²) in [5.41, 5.74) is 0. The second-order valence-electron chi connectivity index (χ2n) is 12.0. The highest BCUT2D eigenvalue weighted by molar-refractivity contribution is 5.83. The van der Waals surface area contributed by atoms with Gasteiger partial charge in [0.05, 0.1) is 6.61 Å². The van der Waals surface area contributed by atoms with E-state index in [4.69, 9.17) is 4.74 Å². The molecule has 0 atom stereocenters. The Morgan fingerprint density at radius 1 is 0.525 bits per heavy atom. The average Bonchev–Trinajstić information content (AvgIpc) is 2.96. The van der Waals surface area contributed by atoms with Crippen molar-refractivity contribution in [1.82, 2.24) is 10.2 Å². The summed E-state index contributed by atoms with van der Waals surface area (Å²) in [4.78, 5) is 27.1. The first kappa shape index (κ1) is 38.9. The number of methoxy groups -OCH3 is 1. The van der Waals surface area contributed by atoms with Crippen LogP contribution >= 0.6 is 0 Å². The molecule has 0 spiro atoms. The first-order chi connectivity index (χ1) is 19.7. The molecule has 0 radical (unpaired) electrons. The number of unbranched alkanes of at least 4 members (excludes halogenated alkanes) is 22. The molecule has 0 saturated carbocycles. The van der Waals surface area contributed by atoms with Crippen LogP contribution in [-0.2, 0) is 14.3 Å². The van der Waals surface area contributed by atoms with E-state index in [9.17, 15) is 9.59 Å². The Balaban J connectivity index is 4.10. The van der Waals surface area contributed by atoms with Gasteiger partial charge in [0.25, 0.3) is 0 Å². The summed E-state index contributed by atoms with van der Waals surface area (Å²) in [6.07, 6.45) is 32.5. The number of carbonyl (C=O) groups excluding carboxylic acids is 2. The number of amides is 2. The number of nitrogens with one attached hydrogen (secondary N) is 1. The fourth-order valence-corrected chi connectivity index (χ4v) is 5.41. The van der Waals surface area contributed by atoms with Crippen molar-refractivity contribution in [2.45, 2.75) is 181 Å². The lowest BCUT2D eigenvalue weighted by atomic mass is 10.0. The van der Waals surface area contributed by atoms with Crippen molar-refractivity contribution in [3.05, 3.63) is 0 Å². The topological polar surface area (TPSA) is 58.6 Å². The number of ether oxygens (including phenoxy) is 1. The minimum absolute atomic E-state index is 0.0546. The minimum Gasteiger partial charge on any atom is -0.383 e. The summed E-state index contributed by atoms with van der Waals surface area (Å²) in [5.74, 6) is 0.0918. The Morgan fingerprint density at radius 2 is 0.875 bits per heavy atom. The van der Waals surface area contributed by atoms with Gasteiger partial charge in [0.2, 0.25) is 11.8 Å². The quantitative estimate of drug-likeness (QED) is 0.0824. The maximum Gasteiger partial charge on any atom is 0.223 e. The first-order valence-corrected chi connectivity index (χ1v) is 17.7. The Bertz CT molecular complexity index is 513. The molecule has 40 heavy (non-hydrogen) atoms. The molecule has 5 nitrogen and oxygen atoms in total. The molecule has 238 valence electrons. The van der Waals surface area contributed by atoms with Crippen molar-refractivity contribution in [2.24, 2.45) is 0 Å². The van der Waals surface area contributed by atoms with E-state index in [2.05, 4.69) is 24.1 Å². The van der Waals surface area contributed by atoms with Crippen molar-refractivity contribution in [1.29, 1.82) is 0 Å². The van der Waals surface area contributed by atoms with Crippen LogP contribution in [0.4, 0.5) is 0 Å². The van der Waals surface area contributed by atoms with Gasteiger partial charge in [-0.15, -0.1) is 0 Å². The standard InChI is InChI=1S/C35H70N2O3/c1-4-6-8-10-12-14-16-18-20-22-24-26-31-37(35(39)29-28-34(38)36-30-33-40-3)32-27-25-23-21-19-17-15-13-11-9-7-5-2/h4-33H2,1-3H3,(H,36,38). The average molecular weight is 567 g/mol. The van der Waals surface area contributed by atoms with Crippen LogP contribution in [0, 0.1) is 0 Å². The third kappa shape index (κ3) is 28.4. The largest absolute Gasteiger partial charge is 0.383 e. The van der Waals surface area contributed by atoms with Gasteiger partial charge in [-0.1, -0.05) is 155 Å². The maximum atomic E-state index is 13.0. The SMILES string of the molecule is CCCCCCCCCCCCCCN(CCCCCCCCCCCCCC)C(=O)CCC(=O)NCCOC. The lowest BCUT2D eigenvalue weighted by Gasteiger charge is -2.23. The van der Waals surface area contributed by atoms with Crippen LogP contribution in [-0.4, -0.2) is 50.1 Å². The molecule has 0 aromatic heterocycles. The molecule has 0 aliphatic heterocycles. The summed E-state index contributed by atoms with van der Waals surface area (Å²) in [5, 5.41) is 2.83. The van der Waals surface area contributed by atoms with Crippen molar-refractivity contribution >= 4 is 11.8 Å². The Kier molecular flexibility index (Phi) is 31.5. The third-order valence-corrected chi connectivity index (χ3v) is 8.11. The third-order valence-electron chi connectivity index (χ3n) is 8.11. The van der Waals surface area contributed by atoms with E-state index >= 15 is 0 Å². The minimum atomic E-state index is -0.0546. The predicted molar refractivity (Wildman–Crippen MR) is 173 cm³/mol. The summed E-state index contributed by atoms with van der Waals surface area (Å²) < 4.78 is 4.98. The molecular weight excluding hydrogens is 496 g/mol. The van der Waals surface area contributed by atoms with Gasteiger partial charge in [-0.3, -0.25) is 9.59 Å². The number of carbonyl (C=O) groups is 2. The van der Waals surface area contributed by atoms with Crippen LogP contribution in [0.3, 0.4) is 0 Å². The van der Waals surface area contributed by atoms with E-state index < -0.39 is 0 Å². The van der Waals surface area contributed by atoms with Crippen molar-refractivity contribution < 1.29 is 14.3 Å². The molecule has 2 amide bonds. The Labute approximate surface area is 250 Å². The number of hydrogen-bond donors (Lipinski definition) is 1. The number of rotatable bonds is 32. The molecule has 5 heteroatoms. The molecule has 1 N–H and O–H groups in total. The number of hydrogen-bond acceptors (Lipinski definition) is 3. The number of nitrogens with zero attached hydrogens (tertiary/aromatic N) is 1. The summed E-state index contributed by atoms with van der Waals surface area (Å²) >= 11 is 0. The zero-order chi connectivity index (χ0) is 29.4. The molecule has 0 aliphatic carbocycles. The molecule has 0 heterocycles. The van der Waals surface area contributed by atoms with Gasteiger partial charge in [0, 0.05) is 39.6 Å². The van der Waals surface area contributed by atoms with Crippen LogP contribution in [0.25, 0.3) is 0 Å². The predicted octanol–water partition coefficient (Wildman–Crippen LogP) is 9.76. The van der Waals surface area contributed by atoms with Crippen LogP contribution in [0.5, 0.6) is 0 Å². The fourth-order valence-electron chi connectivity index (χ4n) is 5.41. The molecule has 0 unspecified atom stereocenters. The van der Waals surface area contributed by atoms with Gasteiger partial charge in [0.1, 0.15) is 0 Å². The van der Waals surface area contributed by atoms with Crippen LogP contribution < -0.4 is 5.32 Å². The van der Waals surface area contributed by atoms with Crippen LogP contribution in [0.1, 0.15) is 181 Å². The lowest BCUT2D eigenvalue weighted by molar-refractivity contribution is -0.133. The molecule has 0 fully saturated rings. The Morgan fingerprint density at radius 3 is 1.23 bits per heavy atom. The van der Waals surface area contributed by atoms with Crippen LogP contribution in [0.15, 0.2) is 0 Å². The van der Waals surface area contributed by atoms with E-state index in [-0.39, 0.29) is 18.2 Å². The van der Waals surface area contributed by atoms with Crippen molar-refractivity contribution in [3.8, 4) is 0 Å². The van der Waals surface area contributed by atoms with E-state index in [0.717, 1.165) is 25.9 Å². The van der Waals surface area contributed by atoms with E-state index in [1.54, 1.807) is 7.11 Å². The van der Waals surface area contributed by atoms with Gasteiger partial charge in [-0.05, 0) is 12.8 Å². The van der Waals surface area contributed by atoms with E-state index in [1.165, 1.54) is 141 Å². The van der Waals surface area contributed by atoms with E-state index in [1.807, 2.05) is 0 Å². The lowest BCUT2D eigenvalue weighted by Crippen LogP contribution is -2.34. The molecule has 0 bridgehead atoms. The zero-order valence-electron chi connectivity index (χ0n) is 27.4.